The Balaban J connectivity index is 1.47. The molecule has 1 aromatic heterocycles. The van der Waals surface area contributed by atoms with E-state index in [1.165, 1.54) is 12.4 Å². The zero-order chi connectivity index (χ0) is 19.9. The Hall–Kier alpha value is -2.30. The fourth-order valence-corrected chi connectivity index (χ4v) is 3.64. The van der Waals surface area contributed by atoms with Crippen molar-refractivity contribution in [1.29, 1.82) is 0 Å². The van der Waals surface area contributed by atoms with Crippen LogP contribution in [0, 0.1) is 0 Å². The molecule has 4 N–H and O–H groups in total. The van der Waals surface area contributed by atoms with E-state index in [4.69, 9.17) is 9.94 Å². The van der Waals surface area contributed by atoms with E-state index in [1.807, 2.05) is 4.90 Å². The highest BCUT2D eigenvalue weighted by molar-refractivity contribution is 5.92. The van der Waals surface area contributed by atoms with Crippen LogP contribution in [0.1, 0.15) is 48.9 Å². The Bertz CT molecular complexity index is 657. The average molecular weight is 393 g/mol. The first kappa shape index (κ1) is 20.4. The molecule has 1 atom stereocenters. The lowest BCUT2D eigenvalue weighted by molar-refractivity contribution is -0.152. The maximum absolute atomic E-state index is 12.3. The van der Waals surface area contributed by atoms with Crippen LogP contribution in [0.2, 0.25) is 0 Å². The van der Waals surface area contributed by atoms with Crippen LogP contribution < -0.4 is 15.7 Å². The van der Waals surface area contributed by atoms with Crippen LogP contribution in [0.3, 0.4) is 0 Å². The molecule has 2 aliphatic rings. The summed E-state index contributed by atoms with van der Waals surface area (Å²) in [7, 11) is 0. The lowest BCUT2D eigenvalue weighted by atomic mass is 10.0. The molecule has 2 fully saturated rings. The number of carbonyl (C=O) groups excluding carboxylic acids is 2. The van der Waals surface area contributed by atoms with Gasteiger partial charge < -0.3 is 14.7 Å². The fourth-order valence-electron chi connectivity index (χ4n) is 3.64. The molecule has 1 saturated carbocycles. The van der Waals surface area contributed by atoms with Gasteiger partial charge >= 0.3 is 5.97 Å². The molecule has 1 aliphatic carbocycles. The van der Waals surface area contributed by atoms with Gasteiger partial charge in [-0.3, -0.25) is 20.1 Å². The predicted octanol–water partition coefficient (Wildman–Crippen LogP) is 0.000700. The van der Waals surface area contributed by atoms with E-state index in [0.29, 0.717) is 19.0 Å². The summed E-state index contributed by atoms with van der Waals surface area (Å²) in [6, 6.07) is -0.617. The van der Waals surface area contributed by atoms with Gasteiger partial charge in [0.25, 0.3) is 5.91 Å². The number of amides is 1. The van der Waals surface area contributed by atoms with E-state index in [-0.39, 0.29) is 30.3 Å². The van der Waals surface area contributed by atoms with Gasteiger partial charge in [-0.25, -0.2) is 15.4 Å². The maximum Gasteiger partial charge on any atom is 0.325 e. The molecule has 0 spiro atoms. The summed E-state index contributed by atoms with van der Waals surface area (Å²) in [4.78, 5) is 33.9. The van der Waals surface area contributed by atoms with Crippen molar-refractivity contribution in [2.75, 3.05) is 24.6 Å². The largest absolute Gasteiger partial charge is 0.461 e. The number of ether oxygens (including phenoxy) is 1. The van der Waals surface area contributed by atoms with Crippen LogP contribution >= 0.6 is 0 Å². The highest BCUT2D eigenvalue weighted by Crippen LogP contribution is 2.22. The van der Waals surface area contributed by atoms with Gasteiger partial charge in [-0.2, -0.15) is 0 Å². The summed E-state index contributed by atoms with van der Waals surface area (Å²) < 4.78 is 5.49. The van der Waals surface area contributed by atoms with E-state index in [9.17, 15) is 14.7 Å². The normalized spacial score (nSPS) is 19.4. The van der Waals surface area contributed by atoms with Crippen molar-refractivity contribution >= 4 is 17.8 Å². The zero-order valence-corrected chi connectivity index (χ0v) is 15.7. The van der Waals surface area contributed by atoms with Gasteiger partial charge in [0.2, 0.25) is 5.95 Å². The number of aliphatic hydroxyl groups excluding tert-OH is 1. The van der Waals surface area contributed by atoms with Crippen molar-refractivity contribution in [3.8, 4) is 0 Å². The van der Waals surface area contributed by atoms with Gasteiger partial charge in [0.15, 0.2) is 0 Å². The molecular weight excluding hydrogens is 366 g/mol. The molecule has 1 aromatic rings. The van der Waals surface area contributed by atoms with Gasteiger partial charge in [-0.15, -0.1) is 0 Å². The van der Waals surface area contributed by atoms with Gasteiger partial charge in [0, 0.05) is 31.5 Å². The number of esters is 1. The highest BCUT2D eigenvalue weighted by atomic mass is 16.5. The number of nitrogens with zero attached hydrogens (tertiary/aromatic N) is 3. The van der Waals surface area contributed by atoms with Gasteiger partial charge in [0.1, 0.15) is 12.1 Å². The number of aromatic nitrogens is 2. The van der Waals surface area contributed by atoms with Crippen molar-refractivity contribution in [2.24, 2.45) is 0 Å². The van der Waals surface area contributed by atoms with E-state index < -0.39 is 11.9 Å². The van der Waals surface area contributed by atoms with Gasteiger partial charge in [-0.05, 0) is 38.5 Å². The third kappa shape index (κ3) is 5.15. The van der Waals surface area contributed by atoms with Crippen LogP contribution in [0.15, 0.2) is 12.4 Å². The molecule has 2 heterocycles. The maximum atomic E-state index is 12.3. The molecule has 0 unspecified atom stereocenters. The quantitative estimate of drug-likeness (QED) is 0.286. The number of rotatable bonds is 7. The number of hydrogen-bond acceptors (Lipinski definition) is 9. The first-order valence-electron chi connectivity index (χ1n) is 9.69. The first-order valence-corrected chi connectivity index (χ1v) is 9.69. The summed E-state index contributed by atoms with van der Waals surface area (Å²) in [5.74, 6) is -0.529. The second-order valence-corrected chi connectivity index (χ2v) is 7.22. The van der Waals surface area contributed by atoms with Crippen molar-refractivity contribution in [3.63, 3.8) is 0 Å². The molecule has 1 amide bonds. The molecule has 0 aromatic carbocycles. The molecule has 3 rings (SSSR count). The Morgan fingerprint density at radius 2 is 1.82 bits per heavy atom. The number of anilines is 1. The molecule has 28 heavy (non-hydrogen) atoms. The van der Waals surface area contributed by atoms with Crippen LogP contribution in [0.4, 0.5) is 5.95 Å². The predicted molar refractivity (Wildman–Crippen MR) is 98.9 cm³/mol. The molecule has 0 radical (unpaired) electrons. The van der Waals surface area contributed by atoms with Crippen LogP contribution in [-0.2, 0) is 9.53 Å². The minimum Gasteiger partial charge on any atom is -0.461 e. The van der Waals surface area contributed by atoms with Crippen molar-refractivity contribution in [1.82, 2.24) is 20.8 Å². The van der Waals surface area contributed by atoms with Crippen molar-refractivity contribution in [3.05, 3.63) is 18.0 Å². The third-order valence-corrected chi connectivity index (χ3v) is 5.27. The van der Waals surface area contributed by atoms with Crippen molar-refractivity contribution in [2.45, 2.75) is 56.7 Å². The van der Waals surface area contributed by atoms with E-state index in [1.54, 1.807) is 5.48 Å². The molecule has 10 heteroatoms. The second kappa shape index (κ2) is 9.76. The number of carbonyl (C=O) groups is 2. The zero-order valence-electron chi connectivity index (χ0n) is 15.7. The van der Waals surface area contributed by atoms with Crippen LogP contribution in [-0.4, -0.2) is 70.0 Å². The summed E-state index contributed by atoms with van der Waals surface area (Å²) in [6.07, 6.45) is 8.20. The standard InChI is InChI=1S/C18H27N5O5/c24-11-15(17(26)28-14-3-1-2-4-14)21-13-5-7-23(8-6-13)18-19-9-12(10-20-18)16(25)22-27/h9-10,13-15,21,24,27H,1-8,11H2,(H,22,25)/t15-/m0/s1. The Kier molecular flexibility index (Phi) is 7.12. The van der Waals surface area contributed by atoms with E-state index in [2.05, 4.69) is 15.3 Å². The summed E-state index contributed by atoms with van der Waals surface area (Å²) in [6.45, 7) is 1.07. The Morgan fingerprint density at radius 1 is 1.18 bits per heavy atom. The monoisotopic (exact) mass is 393 g/mol. The SMILES string of the molecule is O=C(NO)c1cnc(N2CCC(N[C@@H](CO)C(=O)OC3CCCC3)CC2)nc1. The topological polar surface area (TPSA) is 137 Å². The second-order valence-electron chi connectivity index (χ2n) is 7.22. The molecule has 1 saturated heterocycles. The smallest absolute Gasteiger partial charge is 0.325 e. The molecule has 10 nitrogen and oxygen atoms in total. The Labute approximate surface area is 163 Å². The molecule has 0 bridgehead atoms. The summed E-state index contributed by atoms with van der Waals surface area (Å²) in [5, 5.41) is 21.4. The van der Waals surface area contributed by atoms with Gasteiger partial charge in [0.05, 0.1) is 12.2 Å². The number of hydroxylamine groups is 1. The number of piperidine rings is 1. The molecular formula is C18H27N5O5. The number of nitrogens with one attached hydrogen (secondary N) is 2. The average Bonchev–Trinajstić information content (AvgIpc) is 3.25. The summed E-state index contributed by atoms with van der Waals surface area (Å²) >= 11 is 0. The lowest BCUT2D eigenvalue weighted by Crippen LogP contribution is -2.51. The minimum absolute atomic E-state index is 0.0155. The lowest BCUT2D eigenvalue weighted by Gasteiger charge is -2.34. The Morgan fingerprint density at radius 3 is 2.39 bits per heavy atom. The van der Waals surface area contributed by atoms with E-state index in [0.717, 1.165) is 38.5 Å². The van der Waals surface area contributed by atoms with Crippen molar-refractivity contribution < 1.29 is 24.6 Å². The third-order valence-electron chi connectivity index (χ3n) is 5.27. The fraction of sp³-hybridized carbons (Fsp3) is 0.667. The minimum atomic E-state index is -0.704. The number of aliphatic hydroxyl groups is 1. The summed E-state index contributed by atoms with van der Waals surface area (Å²) in [5.41, 5.74) is 1.72. The number of hydrogen-bond donors (Lipinski definition) is 4. The van der Waals surface area contributed by atoms with E-state index >= 15 is 0 Å². The van der Waals surface area contributed by atoms with Gasteiger partial charge in [-0.1, -0.05) is 0 Å². The first-order chi connectivity index (χ1) is 13.6. The van der Waals surface area contributed by atoms with Crippen LogP contribution in [0.25, 0.3) is 0 Å². The van der Waals surface area contributed by atoms with Crippen LogP contribution in [0.5, 0.6) is 0 Å². The molecule has 154 valence electrons. The molecule has 1 aliphatic heterocycles. The highest BCUT2D eigenvalue weighted by Gasteiger charge is 2.29.